The highest BCUT2D eigenvalue weighted by atomic mass is 35.5. The van der Waals surface area contributed by atoms with Crippen LogP contribution in [0.1, 0.15) is 16.8 Å². The molecule has 0 aliphatic heterocycles. The number of aromatic nitrogens is 2. The third-order valence-electron chi connectivity index (χ3n) is 5.14. The van der Waals surface area contributed by atoms with E-state index in [0.717, 1.165) is 34.1 Å². The number of aryl methyl sites for hydroxylation is 1. The molecule has 0 fully saturated rings. The fraction of sp³-hybridized carbons (Fsp3) is 0.174. The summed E-state index contributed by atoms with van der Waals surface area (Å²) in [5, 5.41) is 1.96. The molecule has 0 bridgehead atoms. The molecule has 0 aliphatic carbocycles. The monoisotopic (exact) mass is 412 g/mol. The number of benzene rings is 2. The minimum Gasteiger partial charge on any atom is -0.497 e. The van der Waals surface area contributed by atoms with Crippen LogP contribution < -0.4 is 4.74 Å². The van der Waals surface area contributed by atoms with E-state index in [1.807, 2.05) is 42.6 Å². The summed E-state index contributed by atoms with van der Waals surface area (Å²) in [7, 11) is 1.70. The summed E-state index contributed by atoms with van der Waals surface area (Å²) in [6.07, 6.45) is 1.88. The summed E-state index contributed by atoms with van der Waals surface area (Å²) in [5.41, 5.74) is 6.91. The van der Waals surface area contributed by atoms with Crippen LogP contribution in [0.4, 0.5) is 0 Å². The van der Waals surface area contributed by atoms with Crippen LogP contribution in [0, 0.1) is 13.8 Å². The minimum absolute atomic E-state index is 0. The first kappa shape index (κ1) is 20.2. The molecule has 2 aromatic carbocycles. The van der Waals surface area contributed by atoms with E-state index in [1.54, 1.807) is 7.11 Å². The molecule has 0 spiro atoms. The molecule has 144 valence electrons. The van der Waals surface area contributed by atoms with Gasteiger partial charge in [-0.15, -0.1) is 12.4 Å². The van der Waals surface area contributed by atoms with Crippen molar-refractivity contribution >= 4 is 34.9 Å². The second-order valence-corrected chi connectivity index (χ2v) is 7.15. The average molecular weight is 413 g/mol. The topological polar surface area (TPSA) is 27.1 Å². The Balaban J connectivity index is 0.00000225. The van der Waals surface area contributed by atoms with Gasteiger partial charge in [0.2, 0.25) is 0 Å². The van der Waals surface area contributed by atoms with Crippen molar-refractivity contribution < 1.29 is 4.74 Å². The van der Waals surface area contributed by atoms with Crippen LogP contribution in [0.3, 0.4) is 0 Å². The number of fused-ring (bicyclic) bond motifs is 1. The van der Waals surface area contributed by atoms with Gasteiger partial charge in [0.05, 0.1) is 18.3 Å². The Hall–Kier alpha value is -2.49. The van der Waals surface area contributed by atoms with Gasteiger partial charge in [0.25, 0.3) is 0 Å². The summed E-state index contributed by atoms with van der Waals surface area (Å²) >= 11 is 6.08. The van der Waals surface area contributed by atoms with Gasteiger partial charge in [0, 0.05) is 34.4 Å². The van der Waals surface area contributed by atoms with Crippen molar-refractivity contribution in [3.63, 3.8) is 0 Å². The molecular formula is C23H22Cl2N2O. The summed E-state index contributed by atoms with van der Waals surface area (Å²) in [6.45, 7) is 5.10. The predicted octanol–water partition coefficient (Wildman–Crippen LogP) is 6.45. The Morgan fingerprint density at radius 1 is 1.04 bits per heavy atom. The van der Waals surface area contributed by atoms with Crippen molar-refractivity contribution in [1.82, 2.24) is 9.55 Å². The van der Waals surface area contributed by atoms with Gasteiger partial charge in [-0.25, -0.2) is 0 Å². The first-order valence-corrected chi connectivity index (χ1v) is 9.29. The van der Waals surface area contributed by atoms with Gasteiger partial charge < -0.3 is 9.30 Å². The van der Waals surface area contributed by atoms with Gasteiger partial charge in [0.15, 0.2) is 0 Å². The van der Waals surface area contributed by atoms with E-state index in [2.05, 4.69) is 36.6 Å². The van der Waals surface area contributed by atoms with Crippen LogP contribution in [-0.2, 0) is 6.54 Å². The largest absolute Gasteiger partial charge is 0.497 e. The molecule has 0 saturated heterocycles. The lowest BCUT2D eigenvalue weighted by Gasteiger charge is -2.12. The van der Waals surface area contributed by atoms with Gasteiger partial charge in [-0.3, -0.25) is 4.98 Å². The van der Waals surface area contributed by atoms with Crippen molar-refractivity contribution in [3.05, 3.63) is 82.6 Å². The maximum Gasteiger partial charge on any atom is 0.119 e. The zero-order chi connectivity index (χ0) is 19.0. The molecular weight excluding hydrogens is 391 g/mol. The van der Waals surface area contributed by atoms with E-state index in [1.165, 1.54) is 22.2 Å². The van der Waals surface area contributed by atoms with E-state index in [4.69, 9.17) is 21.3 Å². The number of halogens is 2. The standard InChI is InChI=1S/C23H21ClN2O.ClH/c1-15-16(2)26(14-17-5-4-6-20(13-17)27-3)23-21(15)11-12-25-22(23)18-7-9-19(24)10-8-18;/h4-13H,14H2,1-3H3;1H. The molecule has 0 saturated carbocycles. The Labute approximate surface area is 176 Å². The molecule has 2 heterocycles. The lowest BCUT2D eigenvalue weighted by atomic mass is 10.1. The van der Waals surface area contributed by atoms with E-state index in [0.29, 0.717) is 0 Å². The van der Waals surface area contributed by atoms with E-state index in [9.17, 15) is 0 Å². The molecule has 0 amide bonds. The van der Waals surface area contributed by atoms with Gasteiger partial charge in [-0.2, -0.15) is 0 Å². The SMILES string of the molecule is COc1cccc(Cn2c(C)c(C)c3ccnc(-c4ccc(Cl)cc4)c32)c1.Cl. The Kier molecular flexibility index (Phi) is 5.97. The van der Waals surface area contributed by atoms with Gasteiger partial charge in [0.1, 0.15) is 5.75 Å². The van der Waals surface area contributed by atoms with Crippen LogP contribution >= 0.6 is 24.0 Å². The van der Waals surface area contributed by atoms with Crippen molar-refractivity contribution in [2.45, 2.75) is 20.4 Å². The van der Waals surface area contributed by atoms with E-state index < -0.39 is 0 Å². The first-order chi connectivity index (χ1) is 13.1. The van der Waals surface area contributed by atoms with Gasteiger partial charge in [-0.05, 0) is 55.3 Å². The predicted molar refractivity (Wildman–Crippen MR) is 119 cm³/mol. The molecule has 0 aliphatic rings. The fourth-order valence-electron chi connectivity index (χ4n) is 3.56. The highest BCUT2D eigenvalue weighted by Gasteiger charge is 2.16. The maximum absolute atomic E-state index is 6.08. The lowest BCUT2D eigenvalue weighted by molar-refractivity contribution is 0.414. The molecule has 2 aromatic heterocycles. The Morgan fingerprint density at radius 2 is 1.79 bits per heavy atom. The van der Waals surface area contributed by atoms with E-state index >= 15 is 0 Å². The number of pyridine rings is 1. The van der Waals surface area contributed by atoms with Gasteiger partial charge >= 0.3 is 0 Å². The molecule has 3 nitrogen and oxygen atoms in total. The molecule has 0 unspecified atom stereocenters. The van der Waals surface area contributed by atoms with E-state index in [-0.39, 0.29) is 12.4 Å². The molecule has 28 heavy (non-hydrogen) atoms. The zero-order valence-corrected chi connectivity index (χ0v) is 17.6. The summed E-state index contributed by atoms with van der Waals surface area (Å²) in [4.78, 5) is 4.71. The van der Waals surface area contributed by atoms with Crippen LogP contribution in [0.5, 0.6) is 5.75 Å². The number of hydrogen-bond donors (Lipinski definition) is 0. The summed E-state index contributed by atoms with van der Waals surface area (Å²) < 4.78 is 7.73. The maximum atomic E-state index is 6.08. The second-order valence-electron chi connectivity index (χ2n) is 6.71. The zero-order valence-electron chi connectivity index (χ0n) is 16.1. The molecule has 0 radical (unpaired) electrons. The second kappa shape index (κ2) is 8.26. The van der Waals surface area contributed by atoms with Gasteiger partial charge in [-0.1, -0.05) is 35.9 Å². The fourth-order valence-corrected chi connectivity index (χ4v) is 3.69. The number of rotatable bonds is 4. The molecule has 0 N–H and O–H groups in total. The van der Waals surface area contributed by atoms with Crippen LogP contribution in [0.2, 0.25) is 5.02 Å². The molecule has 4 aromatic rings. The third-order valence-corrected chi connectivity index (χ3v) is 5.39. The van der Waals surface area contributed by atoms with Crippen molar-refractivity contribution in [3.8, 4) is 17.0 Å². The third kappa shape index (κ3) is 3.60. The van der Waals surface area contributed by atoms with Crippen LogP contribution in [0.25, 0.3) is 22.2 Å². The van der Waals surface area contributed by atoms with Crippen LogP contribution in [0.15, 0.2) is 60.8 Å². The molecule has 0 atom stereocenters. The Morgan fingerprint density at radius 3 is 2.50 bits per heavy atom. The minimum atomic E-state index is 0. The highest BCUT2D eigenvalue weighted by Crippen LogP contribution is 2.33. The van der Waals surface area contributed by atoms with Crippen LogP contribution in [-0.4, -0.2) is 16.7 Å². The number of hydrogen-bond acceptors (Lipinski definition) is 2. The number of nitrogens with zero attached hydrogens (tertiary/aromatic N) is 2. The summed E-state index contributed by atoms with van der Waals surface area (Å²) in [5.74, 6) is 0.870. The van der Waals surface area contributed by atoms with Crippen molar-refractivity contribution in [2.75, 3.05) is 7.11 Å². The van der Waals surface area contributed by atoms with Crippen molar-refractivity contribution in [2.24, 2.45) is 0 Å². The molecule has 5 heteroatoms. The first-order valence-electron chi connectivity index (χ1n) is 8.91. The Bertz CT molecular complexity index is 1120. The number of ether oxygens (including phenoxy) is 1. The lowest BCUT2D eigenvalue weighted by Crippen LogP contribution is -2.03. The smallest absolute Gasteiger partial charge is 0.119 e. The highest BCUT2D eigenvalue weighted by molar-refractivity contribution is 6.30. The summed E-state index contributed by atoms with van der Waals surface area (Å²) in [6, 6.07) is 18.2. The average Bonchev–Trinajstić information content (AvgIpc) is 2.94. The quantitative estimate of drug-likeness (QED) is 0.384. The molecule has 4 rings (SSSR count). The normalized spacial score (nSPS) is 10.7. The van der Waals surface area contributed by atoms with Crippen molar-refractivity contribution in [1.29, 1.82) is 0 Å². The number of methoxy groups -OCH3 is 1.